The van der Waals surface area contributed by atoms with Gasteiger partial charge in [-0.3, -0.25) is 9.13 Å². The van der Waals surface area contributed by atoms with Crippen molar-refractivity contribution in [2.75, 3.05) is 4.90 Å². The summed E-state index contributed by atoms with van der Waals surface area (Å²) >= 11 is 0. The van der Waals surface area contributed by atoms with Gasteiger partial charge in [-0.1, -0.05) is 111 Å². The van der Waals surface area contributed by atoms with E-state index in [1.807, 2.05) is 13.8 Å². The number of aromatic nitrogens is 4. The van der Waals surface area contributed by atoms with Crippen LogP contribution in [0.25, 0.3) is 56.2 Å². The number of imidazole rings is 2. The van der Waals surface area contributed by atoms with Gasteiger partial charge in [0.25, 0.3) is 0 Å². The fourth-order valence-corrected chi connectivity index (χ4v) is 7.41. The second-order valence-corrected chi connectivity index (χ2v) is 13.2. The first-order chi connectivity index (χ1) is 26.6. The van der Waals surface area contributed by atoms with Crippen molar-refractivity contribution in [3.8, 4) is 34.2 Å². The Hall–Kier alpha value is -6.72. The molecule has 0 bridgehead atoms. The Labute approximate surface area is 317 Å². The van der Waals surface area contributed by atoms with Gasteiger partial charge in [0.15, 0.2) is 0 Å². The molecule has 0 radical (unpaired) electrons. The molecule has 0 amide bonds. The van der Waals surface area contributed by atoms with Crippen LogP contribution in [0, 0.1) is 6.92 Å². The van der Waals surface area contributed by atoms with E-state index in [1.54, 1.807) is 0 Å². The molecule has 7 aromatic carbocycles. The third-order valence-corrected chi connectivity index (χ3v) is 9.90. The molecule has 0 saturated carbocycles. The highest BCUT2D eigenvalue weighted by Gasteiger charge is 2.25. The van der Waals surface area contributed by atoms with Crippen LogP contribution >= 0.6 is 0 Å². The van der Waals surface area contributed by atoms with Crippen LogP contribution in [-0.2, 0) is 0 Å². The number of nitrogens with zero attached hydrogens (tertiary/aromatic N) is 5. The quantitative estimate of drug-likeness (QED) is 0.158. The van der Waals surface area contributed by atoms with E-state index >= 15 is 0 Å². The summed E-state index contributed by atoms with van der Waals surface area (Å²) in [5.74, 6) is 1.76. The van der Waals surface area contributed by atoms with Crippen LogP contribution in [-0.4, -0.2) is 19.1 Å². The van der Waals surface area contributed by atoms with Gasteiger partial charge in [0.05, 0.1) is 28.1 Å². The average Bonchev–Trinajstić information content (AvgIpc) is 3.83. The van der Waals surface area contributed by atoms with E-state index in [0.717, 1.165) is 67.5 Å². The fraction of sp³-hybridized carbons (Fsp3) is 0.102. The first kappa shape index (κ1) is 34.4. The molecule has 0 aliphatic carbocycles. The lowest BCUT2D eigenvalue weighted by Crippen LogP contribution is -2.22. The van der Waals surface area contributed by atoms with Gasteiger partial charge in [-0.25, -0.2) is 9.97 Å². The fourth-order valence-electron chi connectivity index (χ4n) is 7.41. The van der Waals surface area contributed by atoms with Gasteiger partial charge in [-0.2, -0.15) is 0 Å². The van der Waals surface area contributed by atoms with Gasteiger partial charge < -0.3 is 4.90 Å². The van der Waals surface area contributed by atoms with E-state index in [-0.39, 0.29) is 6.04 Å². The molecular weight excluding hydrogens is 659 g/mol. The van der Waals surface area contributed by atoms with Crippen LogP contribution < -0.4 is 4.90 Å². The largest absolute Gasteiger partial charge is 0.334 e. The Bertz CT molecular complexity index is 2520. The van der Waals surface area contributed by atoms with Crippen molar-refractivity contribution in [2.24, 2.45) is 0 Å². The predicted octanol–water partition coefficient (Wildman–Crippen LogP) is 12.9. The molecule has 2 aromatic heterocycles. The maximum Gasteiger partial charge on any atom is 0.145 e. The molecule has 54 heavy (non-hydrogen) atoms. The van der Waals surface area contributed by atoms with E-state index in [0.29, 0.717) is 0 Å². The zero-order chi connectivity index (χ0) is 37.0. The summed E-state index contributed by atoms with van der Waals surface area (Å²) in [6.45, 7) is 8.48. The summed E-state index contributed by atoms with van der Waals surface area (Å²) < 4.78 is 4.55. The van der Waals surface area contributed by atoms with Crippen LogP contribution in [0.5, 0.6) is 0 Å². The summed E-state index contributed by atoms with van der Waals surface area (Å²) in [7, 11) is 0. The molecular formula is C49H43N5. The number of para-hydroxylation sites is 8. The van der Waals surface area contributed by atoms with E-state index in [4.69, 9.17) is 9.97 Å². The van der Waals surface area contributed by atoms with Crippen LogP contribution in [0.4, 0.5) is 11.4 Å². The maximum absolute atomic E-state index is 5.32. The Morgan fingerprint density at radius 3 is 1.41 bits per heavy atom. The number of fused-ring (bicyclic) bond motifs is 2. The molecule has 0 N–H and O–H groups in total. The van der Waals surface area contributed by atoms with Crippen molar-refractivity contribution in [1.82, 2.24) is 19.1 Å². The van der Waals surface area contributed by atoms with Crippen molar-refractivity contribution >= 4 is 33.4 Å². The molecule has 0 aliphatic heterocycles. The second-order valence-electron chi connectivity index (χ2n) is 13.2. The average molecular weight is 702 g/mol. The predicted molar refractivity (Wildman–Crippen MR) is 226 cm³/mol. The Morgan fingerprint density at radius 2 is 0.907 bits per heavy atom. The highest BCUT2D eigenvalue weighted by atomic mass is 15.2. The van der Waals surface area contributed by atoms with Crippen molar-refractivity contribution in [3.05, 3.63) is 193 Å². The number of aryl methyl sites for hydroxylation is 1. The zero-order valence-electron chi connectivity index (χ0n) is 31.1. The van der Waals surface area contributed by atoms with Crippen molar-refractivity contribution in [2.45, 2.75) is 33.7 Å². The standard InChI is InChI=1S/C47H37N5.C2H6/c1-33-18-12-15-27-43(33)50(38-19-6-3-7-20-38)34(2)35-30-36(46-48-41-25-13-16-28-44(41)51(46)39-21-8-4-9-22-39)32-37(31-35)47-49-42-26-14-17-29-45(42)52(47)40-23-10-5-11-24-40;1-2/h3-32,34H,1-2H3;1-2H3. The molecule has 5 heteroatoms. The number of anilines is 2. The molecule has 264 valence electrons. The Morgan fingerprint density at radius 1 is 0.481 bits per heavy atom. The summed E-state index contributed by atoms with van der Waals surface area (Å²) in [4.78, 5) is 13.1. The second kappa shape index (κ2) is 15.1. The lowest BCUT2D eigenvalue weighted by molar-refractivity contribution is 0.771. The molecule has 1 unspecified atom stereocenters. The number of rotatable bonds is 8. The third kappa shape index (κ3) is 6.35. The molecule has 0 saturated heterocycles. The van der Waals surface area contributed by atoms with Gasteiger partial charge in [0.2, 0.25) is 0 Å². The smallest absolute Gasteiger partial charge is 0.145 e. The summed E-state index contributed by atoms with van der Waals surface area (Å²) in [6, 6.07) is 64.0. The number of hydrogen-bond acceptors (Lipinski definition) is 3. The van der Waals surface area contributed by atoms with E-state index in [9.17, 15) is 0 Å². The normalized spacial score (nSPS) is 11.6. The van der Waals surface area contributed by atoms with Crippen LogP contribution in [0.3, 0.4) is 0 Å². The molecule has 0 spiro atoms. The Balaban J connectivity index is 0.00000203. The highest BCUT2D eigenvalue weighted by Crippen LogP contribution is 2.41. The zero-order valence-corrected chi connectivity index (χ0v) is 31.1. The topological polar surface area (TPSA) is 38.9 Å². The summed E-state index contributed by atoms with van der Waals surface area (Å²) in [6.07, 6.45) is 0. The van der Waals surface area contributed by atoms with Gasteiger partial charge in [-0.05, 0) is 110 Å². The molecule has 0 fully saturated rings. The molecule has 1 atom stereocenters. The molecule has 5 nitrogen and oxygen atoms in total. The lowest BCUT2D eigenvalue weighted by Gasteiger charge is -2.33. The third-order valence-electron chi connectivity index (χ3n) is 9.90. The summed E-state index contributed by atoms with van der Waals surface area (Å²) in [5, 5.41) is 0. The highest BCUT2D eigenvalue weighted by molar-refractivity contribution is 5.87. The molecule has 9 aromatic rings. The minimum Gasteiger partial charge on any atom is -0.334 e. The van der Waals surface area contributed by atoms with Crippen LogP contribution in [0.2, 0.25) is 0 Å². The van der Waals surface area contributed by atoms with Crippen molar-refractivity contribution < 1.29 is 0 Å². The lowest BCUT2D eigenvalue weighted by atomic mass is 9.97. The SMILES string of the molecule is CC.Cc1ccccc1N(c1ccccc1)C(C)c1cc(-c2nc3ccccc3n2-c2ccccc2)cc(-c2nc3ccccc3n2-c2ccccc2)c1. The van der Waals surface area contributed by atoms with Crippen molar-refractivity contribution in [3.63, 3.8) is 0 Å². The monoisotopic (exact) mass is 701 g/mol. The number of hydrogen-bond donors (Lipinski definition) is 0. The summed E-state index contributed by atoms with van der Waals surface area (Å²) in [5.41, 5.74) is 12.8. The maximum atomic E-state index is 5.32. The van der Waals surface area contributed by atoms with Crippen LogP contribution in [0.15, 0.2) is 182 Å². The van der Waals surface area contributed by atoms with Gasteiger partial charge in [-0.15, -0.1) is 0 Å². The Kier molecular flexibility index (Phi) is 9.61. The molecule has 0 aliphatic rings. The minimum atomic E-state index is -0.0497. The molecule has 2 heterocycles. The van der Waals surface area contributed by atoms with Crippen molar-refractivity contribution in [1.29, 1.82) is 0 Å². The van der Waals surface area contributed by atoms with Gasteiger partial charge >= 0.3 is 0 Å². The van der Waals surface area contributed by atoms with E-state index in [1.165, 1.54) is 11.3 Å². The molecule has 9 rings (SSSR count). The first-order valence-electron chi connectivity index (χ1n) is 18.8. The minimum absolute atomic E-state index is 0.0497. The van der Waals surface area contributed by atoms with E-state index in [2.05, 4.69) is 210 Å². The van der Waals surface area contributed by atoms with E-state index < -0.39 is 0 Å². The van der Waals surface area contributed by atoms with Gasteiger partial charge in [0.1, 0.15) is 11.6 Å². The number of benzene rings is 7. The van der Waals surface area contributed by atoms with Gasteiger partial charge in [0, 0.05) is 33.9 Å². The first-order valence-corrected chi connectivity index (χ1v) is 18.8. The van der Waals surface area contributed by atoms with Crippen LogP contribution in [0.1, 0.15) is 37.9 Å².